The molecule has 6 nitrogen and oxygen atoms in total. The molecule has 0 bridgehead atoms. The molecule has 2 rings (SSSR count). The minimum Gasteiger partial charge on any atom is -0.349 e. The van der Waals surface area contributed by atoms with Crippen LogP contribution in [-0.2, 0) is 6.18 Å². The molecule has 1 aromatic carbocycles. The van der Waals surface area contributed by atoms with Gasteiger partial charge in [-0.15, -0.1) is 17.5 Å². The molecule has 0 saturated heterocycles. The maximum atomic E-state index is 13.4. The zero-order chi connectivity index (χ0) is 18.1. The second-order valence-electron chi connectivity index (χ2n) is 5.85. The lowest BCUT2D eigenvalue weighted by molar-refractivity contribution is -0.143. The summed E-state index contributed by atoms with van der Waals surface area (Å²) in [4.78, 5) is 12.0. The summed E-state index contributed by atoms with van der Waals surface area (Å²) in [5.74, 6) is -1.81. The molecule has 0 unspecified atom stereocenters. The number of hydrogen-bond donors (Lipinski definition) is 2. The number of nitrogens with two attached hydrogens (primary N) is 1. The van der Waals surface area contributed by atoms with Gasteiger partial charge in [0.25, 0.3) is 5.91 Å². The number of alkyl halides is 3. The van der Waals surface area contributed by atoms with Crippen molar-refractivity contribution in [3.05, 3.63) is 41.5 Å². The maximum Gasteiger partial charge on any atom is 0.435 e. The fourth-order valence-electron chi connectivity index (χ4n) is 1.87. The summed E-state index contributed by atoms with van der Waals surface area (Å²) in [5.41, 5.74) is 2.37. The number of amides is 1. The molecule has 0 saturated carbocycles. The van der Waals surface area contributed by atoms with Crippen molar-refractivity contribution >= 4 is 18.3 Å². The number of aromatic nitrogens is 3. The molecule has 11 heteroatoms. The van der Waals surface area contributed by atoms with E-state index in [0.717, 1.165) is 12.1 Å². The molecule has 0 fully saturated rings. The fourth-order valence-corrected chi connectivity index (χ4v) is 1.87. The van der Waals surface area contributed by atoms with Crippen LogP contribution < -0.4 is 11.1 Å². The van der Waals surface area contributed by atoms with Gasteiger partial charge in [0.15, 0.2) is 11.4 Å². The Balaban J connectivity index is 0.00000312. The summed E-state index contributed by atoms with van der Waals surface area (Å²) in [6.07, 6.45) is -4.92. The average Bonchev–Trinajstić information content (AvgIpc) is 2.89. The number of hydrogen-bond acceptors (Lipinski definition) is 4. The van der Waals surface area contributed by atoms with Crippen LogP contribution in [0.5, 0.6) is 0 Å². The summed E-state index contributed by atoms with van der Waals surface area (Å²) in [5, 5.41) is 8.93. The van der Waals surface area contributed by atoms with Gasteiger partial charge >= 0.3 is 6.18 Å². The SMILES string of the molecule is CC(C)(N)CNC(=O)c1nnn(-c2cccc(F)c2)c1C(F)(F)F.Cl. The first-order valence-corrected chi connectivity index (χ1v) is 6.85. The van der Waals surface area contributed by atoms with Crippen LogP contribution in [0.4, 0.5) is 17.6 Å². The third kappa shape index (κ3) is 5.13. The first kappa shape index (κ1) is 20.8. The maximum absolute atomic E-state index is 13.4. The lowest BCUT2D eigenvalue weighted by Gasteiger charge is -2.18. The second-order valence-corrected chi connectivity index (χ2v) is 5.85. The summed E-state index contributed by atoms with van der Waals surface area (Å²) in [6, 6.07) is 4.38. The molecule has 1 heterocycles. The molecule has 0 atom stereocenters. The highest BCUT2D eigenvalue weighted by Crippen LogP contribution is 2.32. The standard InChI is InChI=1S/C14H15F4N5O.ClH/c1-13(2,19)7-20-12(24)10-11(14(16,17)18)23(22-21-10)9-5-3-4-8(15)6-9;/h3-6H,7,19H2,1-2H3,(H,20,24);1H. The smallest absolute Gasteiger partial charge is 0.349 e. The van der Waals surface area contributed by atoms with Gasteiger partial charge in [0.2, 0.25) is 0 Å². The van der Waals surface area contributed by atoms with Gasteiger partial charge in [-0.1, -0.05) is 11.3 Å². The van der Waals surface area contributed by atoms with E-state index in [-0.39, 0.29) is 24.6 Å². The molecule has 0 aliphatic carbocycles. The largest absolute Gasteiger partial charge is 0.435 e. The van der Waals surface area contributed by atoms with Crippen molar-refractivity contribution in [3.8, 4) is 5.69 Å². The molecular weight excluding hydrogens is 366 g/mol. The third-order valence-electron chi connectivity index (χ3n) is 2.91. The van der Waals surface area contributed by atoms with Crippen molar-refractivity contribution < 1.29 is 22.4 Å². The zero-order valence-electron chi connectivity index (χ0n) is 13.3. The van der Waals surface area contributed by atoms with Gasteiger partial charge < -0.3 is 11.1 Å². The van der Waals surface area contributed by atoms with E-state index in [9.17, 15) is 22.4 Å². The zero-order valence-corrected chi connectivity index (χ0v) is 14.1. The van der Waals surface area contributed by atoms with Gasteiger partial charge in [0, 0.05) is 12.1 Å². The highest BCUT2D eigenvalue weighted by Gasteiger charge is 2.42. The van der Waals surface area contributed by atoms with Gasteiger partial charge in [0.1, 0.15) is 5.82 Å². The van der Waals surface area contributed by atoms with Crippen LogP contribution in [0, 0.1) is 5.82 Å². The van der Waals surface area contributed by atoms with Crippen LogP contribution in [0.3, 0.4) is 0 Å². The number of benzene rings is 1. The average molecular weight is 382 g/mol. The van der Waals surface area contributed by atoms with Gasteiger partial charge in [-0.2, -0.15) is 13.2 Å². The Morgan fingerprint density at radius 2 is 1.96 bits per heavy atom. The molecule has 0 radical (unpaired) electrons. The quantitative estimate of drug-likeness (QED) is 0.796. The van der Waals surface area contributed by atoms with Crippen LogP contribution >= 0.6 is 12.4 Å². The first-order valence-electron chi connectivity index (χ1n) is 6.85. The van der Waals surface area contributed by atoms with Gasteiger partial charge in [-0.25, -0.2) is 9.07 Å². The Morgan fingerprint density at radius 3 is 2.48 bits per heavy atom. The first-order chi connectivity index (χ1) is 11.0. The molecule has 0 aliphatic rings. The number of rotatable bonds is 4. The lowest BCUT2D eigenvalue weighted by atomic mass is 10.1. The lowest BCUT2D eigenvalue weighted by Crippen LogP contribution is -2.45. The molecule has 0 spiro atoms. The highest BCUT2D eigenvalue weighted by atomic mass is 35.5. The van der Waals surface area contributed by atoms with Crippen molar-refractivity contribution in [3.63, 3.8) is 0 Å². The number of nitrogens with one attached hydrogen (secondary N) is 1. The van der Waals surface area contributed by atoms with E-state index in [4.69, 9.17) is 5.73 Å². The van der Waals surface area contributed by atoms with E-state index in [1.54, 1.807) is 13.8 Å². The van der Waals surface area contributed by atoms with Crippen molar-refractivity contribution in [2.24, 2.45) is 5.73 Å². The molecule has 1 amide bonds. The molecule has 1 aromatic heterocycles. The summed E-state index contributed by atoms with van der Waals surface area (Å²) >= 11 is 0. The van der Waals surface area contributed by atoms with Crippen LogP contribution in [-0.4, -0.2) is 33.0 Å². The Hall–Kier alpha value is -2.20. The van der Waals surface area contributed by atoms with Crippen LogP contribution in [0.25, 0.3) is 5.69 Å². The number of halogens is 5. The molecule has 25 heavy (non-hydrogen) atoms. The van der Waals surface area contributed by atoms with Crippen LogP contribution in [0.15, 0.2) is 24.3 Å². The van der Waals surface area contributed by atoms with Crippen molar-refractivity contribution in [1.29, 1.82) is 0 Å². The predicted octanol–water partition coefficient (Wildman–Crippen LogP) is 2.31. The van der Waals surface area contributed by atoms with Crippen LogP contribution in [0.1, 0.15) is 30.0 Å². The molecule has 0 aliphatic heterocycles. The minimum absolute atomic E-state index is 0. The van der Waals surface area contributed by atoms with E-state index >= 15 is 0 Å². The van der Waals surface area contributed by atoms with E-state index < -0.39 is 34.8 Å². The predicted molar refractivity (Wildman–Crippen MR) is 84.2 cm³/mol. The van der Waals surface area contributed by atoms with Gasteiger partial charge in [-0.05, 0) is 32.0 Å². The topological polar surface area (TPSA) is 85.8 Å². The van der Waals surface area contributed by atoms with Crippen molar-refractivity contribution in [2.45, 2.75) is 25.6 Å². The highest BCUT2D eigenvalue weighted by molar-refractivity contribution is 5.93. The summed E-state index contributed by atoms with van der Waals surface area (Å²) in [7, 11) is 0. The molecular formula is C14H16ClF4N5O. The van der Waals surface area contributed by atoms with Gasteiger partial charge in [0.05, 0.1) is 5.69 Å². The van der Waals surface area contributed by atoms with E-state index in [1.807, 2.05) is 0 Å². The van der Waals surface area contributed by atoms with Gasteiger partial charge in [-0.3, -0.25) is 4.79 Å². The number of nitrogens with zero attached hydrogens (tertiary/aromatic N) is 3. The van der Waals surface area contributed by atoms with E-state index in [0.29, 0.717) is 4.68 Å². The van der Waals surface area contributed by atoms with Crippen molar-refractivity contribution in [1.82, 2.24) is 20.3 Å². The van der Waals surface area contributed by atoms with Crippen LogP contribution in [0.2, 0.25) is 0 Å². The molecule has 3 N–H and O–H groups in total. The number of carbonyl (C=O) groups excluding carboxylic acids is 1. The Kier molecular flexibility index (Phi) is 6.14. The summed E-state index contributed by atoms with van der Waals surface area (Å²) < 4.78 is 53.7. The normalized spacial score (nSPS) is 11.8. The minimum atomic E-state index is -4.92. The fraction of sp³-hybridized carbons (Fsp3) is 0.357. The monoisotopic (exact) mass is 381 g/mol. The Labute approximate surface area is 146 Å². The third-order valence-corrected chi connectivity index (χ3v) is 2.91. The molecule has 2 aromatic rings. The van der Waals surface area contributed by atoms with Crippen molar-refractivity contribution in [2.75, 3.05) is 6.54 Å². The second kappa shape index (κ2) is 7.36. The Bertz CT molecular complexity index is 754. The van der Waals surface area contributed by atoms with E-state index in [1.165, 1.54) is 12.1 Å². The Morgan fingerprint density at radius 1 is 1.32 bits per heavy atom. The van der Waals surface area contributed by atoms with E-state index in [2.05, 4.69) is 15.6 Å². The summed E-state index contributed by atoms with van der Waals surface area (Å²) in [6.45, 7) is 3.14. The molecule has 138 valence electrons. The number of carbonyl (C=O) groups is 1.